The number of anilines is 2. The smallest absolute Gasteiger partial charge is 0.261 e. The van der Waals surface area contributed by atoms with E-state index in [2.05, 4.69) is 15.9 Å². The number of nitrogen functional groups attached to an aromatic ring is 1. The summed E-state index contributed by atoms with van der Waals surface area (Å²) in [6, 6.07) is 10.2. The van der Waals surface area contributed by atoms with Crippen LogP contribution in [0.1, 0.15) is 10.4 Å². The van der Waals surface area contributed by atoms with Crippen molar-refractivity contribution in [3.63, 3.8) is 0 Å². The van der Waals surface area contributed by atoms with Crippen molar-refractivity contribution in [3.8, 4) is 0 Å². The first-order valence-electron chi connectivity index (χ1n) is 6.36. The Kier molecular flexibility index (Phi) is 3.91. The molecule has 108 valence electrons. The third-order valence-corrected chi connectivity index (χ3v) is 4.93. The van der Waals surface area contributed by atoms with Crippen LogP contribution in [-0.4, -0.2) is 18.2 Å². The topological polar surface area (TPSA) is 46.3 Å². The highest BCUT2D eigenvalue weighted by molar-refractivity contribution is 9.10. The molecule has 0 aliphatic carbocycles. The van der Waals surface area contributed by atoms with Crippen LogP contribution in [0.4, 0.5) is 15.8 Å². The van der Waals surface area contributed by atoms with Crippen LogP contribution >= 0.6 is 27.7 Å². The number of hydrogen-bond donors (Lipinski definition) is 1. The van der Waals surface area contributed by atoms with Crippen molar-refractivity contribution < 1.29 is 9.18 Å². The zero-order chi connectivity index (χ0) is 15.0. The molecule has 0 bridgehead atoms. The molecule has 0 radical (unpaired) electrons. The van der Waals surface area contributed by atoms with E-state index in [-0.39, 0.29) is 15.9 Å². The van der Waals surface area contributed by atoms with E-state index in [1.54, 1.807) is 40.9 Å². The summed E-state index contributed by atoms with van der Waals surface area (Å²) in [4.78, 5) is 15.2. The number of nitrogens with two attached hydrogens (primary N) is 1. The first-order valence-corrected chi connectivity index (χ1v) is 8.14. The molecule has 2 aromatic carbocycles. The number of thioether (sulfide) groups is 1. The summed E-state index contributed by atoms with van der Waals surface area (Å²) >= 11 is 4.78. The van der Waals surface area contributed by atoms with Crippen LogP contribution in [0.3, 0.4) is 0 Å². The van der Waals surface area contributed by atoms with Crippen molar-refractivity contribution in [2.24, 2.45) is 0 Å². The molecule has 0 atom stereocenters. The lowest BCUT2D eigenvalue weighted by Gasteiger charge is -2.29. The van der Waals surface area contributed by atoms with Gasteiger partial charge < -0.3 is 10.6 Å². The van der Waals surface area contributed by atoms with Gasteiger partial charge in [0.15, 0.2) is 0 Å². The molecule has 3 rings (SSSR count). The van der Waals surface area contributed by atoms with Gasteiger partial charge in [0, 0.05) is 22.9 Å². The Morgan fingerprint density at radius 2 is 2.14 bits per heavy atom. The second kappa shape index (κ2) is 5.69. The van der Waals surface area contributed by atoms with Crippen LogP contribution in [0.15, 0.2) is 45.8 Å². The summed E-state index contributed by atoms with van der Waals surface area (Å²) in [5.41, 5.74) is 7.20. The van der Waals surface area contributed by atoms with Gasteiger partial charge in [-0.2, -0.15) is 0 Å². The van der Waals surface area contributed by atoms with Crippen LogP contribution in [0.5, 0.6) is 0 Å². The van der Waals surface area contributed by atoms with E-state index in [9.17, 15) is 9.18 Å². The summed E-state index contributed by atoms with van der Waals surface area (Å²) < 4.78 is 14.4. The molecule has 21 heavy (non-hydrogen) atoms. The van der Waals surface area contributed by atoms with Crippen LogP contribution in [0, 0.1) is 5.82 Å². The number of benzene rings is 2. The van der Waals surface area contributed by atoms with Crippen LogP contribution in [0.25, 0.3) is 0 Å². The monoisotopic (exact) mass is 366 g/mol. The van der Waals surface area contributed by atoms with E-state index in [0.29, 0.717) is 12.2 Å². The highest BCUT2D eigenvalue weighted by Gasteiger charge is 2.26. The van der Waals surface area contributed by atoms with E-state index in [4.69, 9.17) is 5.73 Å². The quantitative estimate of drug-likeness (QED) is 0.777. The lowest BCUT2D eigenvalue weighted by atomic mass is 10.1. The molecule has 1 aliphatic rings. The summed E-state index contributed by atoms with van der Waals surface area (Å²) in [5.74, 6) is -0.106. The van der Waals surface area contributed by atoms with Gasteiger partial charge in [0.05, 0.1) is 15.7 Å². The van der Waals surface area contributed by atoms with E-state index >= 15 is 0 Å². The lowest BCUT2D eigenvalue weighted by molar-refractivity contribution is 0.0983. The van der Waals surface area contributed by atoms with Crippen LogP contribution in [0.2, 0.25) is 0 Å². The molecule has 0 spiro atoms. The summed E-state index contributed by atoms with van der Waals surface area (Å²) in [6.45, 7) is 0.534. The van der Waals surface area contributed by atoms with Crippen molar-refractivity contribution in [2.75, 3.05) is 22.9 Å². The minimum atomic E-state index is -0.536. The number of carbonyl (C=O) groups is 1. The molecule has 0 fully saturated rings. The Morgan fingerprint density at radius 3 is 2.95 bits per heavy atom. The molecule has 0 aromatic heterocycles. The number of amides is 1. The fourth-order valence-electron chi connectivity index (χ4n) is 2.26. The molecule has 0 saturated carbocycles. The Balaban J connectivity index is 2.04. The maximum Gasteiger partial charge on any atom is 0.261 e. The Hall–Kier alpha value is -1.53. The van der Waals surface area contributed by atoms with Gasteiger partial charge in [-0.05, 0) is 46.3 Å². The zero-order valence-electron chi connectivity index (χ0n) is 11.0. The van der Waals surface area contributed by atoms with Gasteiger partial charge in [0.25, 0.3) is 5.91 Å². The second-order valence-electron chi connectivity index (χ2n) is 4.63. The van der Waals surface area contributed by atoms with Crippen LogP contribution in [-0.2, 0) is 0 Å². The van der Waals surface area contributed by atoms with E-state index in [0.717, 1.165) is 16.3 Å². The second-order valence-corrected chi connectivity index (χ2v) is 6.62. The first-order chi connectivity index (χ1) is 10.1. The highest BCUT2D eigenvalue weighted by Crippen LogP contribution is 2.37. The maximum atomic E-state index is 14.1. The number of halogens is 2. The number of nitrogens with zero attached hydrogens (tertiary/aromatic N) is 1. The largest absolute Gasteiger partial charge is 0.399 e. The molecule has 3 nitrogen and oxygen atoms in total. The molecule has 0 saturated heterocycles. The fourth-order valence-corrected chi connectivity index (χ4v) is 3.60. The van der Waals surface area contributed by atoms with Gasteiger partial charge in [-0.15, -0.1) is 11.8 Å². The number of carbonyl (C=O) groups excluding carboxylic acids is 1. The normalized spacial score (nSPS) is 13.9. The predicted octanol–water partition coefficient (Wildman–Crippen LogP) is 3.92. The number of fused-ring (bicyclic) bond motifs is 1. The standard InChI is InChI=1S/C15H12BrFN2OS/c16-11-3-1-2-10(14(11)17)15(20)19-6-7-21-13-5-4-9(18)8-12(13)19/h1-5,8H,6-7,18H2. The van der Waals surface area contributed by atoms with Crippen molar-refractivity contribution in [1.82, 2.24) is 0 Å². The van der Waals surface area contributed by atoms with Crippen molar-refractivity contribution in [2.45, 2.75) is 4.90 Å². The average Bonchev–Trinajstić information content (AvgIpc) is 2.48. The number of rotatable bonds is 1. The van der Waals surface area contributed by atoms with Crippen molar-refractivity contribution >= 4 is 45.0 Å². The summed E-state index contributed by atoms with van der Waals surface area (Å²) in [6.07, 6.45) is 0. The third-order valence-electron chi connectivity index (χ3n) is 3.27. The number of hydrogen-bond acceptors (Lipinski definition) is 3. The predicted molar refractivity (Wildman–Crippen MR) is 87.4 cm³/mol. The van der Waals surface area contributed by atoms with Gasteiger partial charge in [0.2, 0.25) is 0 Å². The molecule has 1 amide bonds. The minimum absolute atomic E-state index is 0.0599. The molecule has 2 N–H and O–H groups in total. The molecule has 1 heterocycles. The molecule has 0 unspecified atom stereocenters. The summed E-state index contributed by atoms with van der Waals surface area (Å²) in [7, 11) is 0. The Morgan fingerprint density at radius 1 is 1.33 bits per heavy atom. The molecular formula is C15H12BrFN2OS. The zero-order valence-corrected chi connectivity index (χ0v) is 13.4. The van der Waals surface area contributed by atoms with Gasteiger partial charge in [-0.3, -0.25) is 4.79 Å². The summed E-state index contributed by atoms with van der Waals surface area (Å²) in [5, 5.41) is 0. The van der Waals surface area contributed by atoms with E-state index < -0.39 is 5.82 Å². The molecule has 6 heteroatoms. The van der Waals surface area contributed by atoms with Crippen molar-refractivity contribution in [3.05, 3.63) is 52.3 Å². The van der Waals surface area contributed by atoms with Gasteiger partial charge in [-0.25, -0.2) is 4.39 Å². The molecule has 1 aliphatic heterocycles. The van der Waals surface area contributed by atoms with Crippen LogP contribution < -0.4 is 10.6 Å². The van der Waals surface area contributed by atoms with E-state index in [1.807, 2.05) is 6.07 Å². The Labute approximate surface area is 134 Å². The molecular weight excluding hydrogens is 355 g/mol. The minimum Gasteiger partial charge on any atom is -0.399 e. The van der Waals surface area contributed by atoms with E-state index in [1.165, 1.54) is 6.07 Å². The van der Waals surface area contributed by atoms with Gasteiger partial charge >= 0.3 is 0 Å². The SMILES string of the molecule is Nc1ccc2c(c1)N(C(=O)c1cccc(Br)c1F)CCS2. The van der Waals surface area contributed by atoms with Gasteiger partial charge in [0.1, 0.15) is 5.82 Å². The highest BCUT2D eigenvalue weighted by atomic mass is 79.9. The van der Waals surface area contributed by atoms with Crippen molar-refractivity contribution in [1.29, 1.82) is 0 Å². The lowest BCUT2D eigenvalue weighted by Crippen LogP contribution is -2.36. The fraction of sp³-hybridized carbons (Fsp3) is 0.133. The average molecular weight is 367 g/mol. The first kappa shape index (κ1) is 14.4. The maximum absolute atomic E-state index is 14.1. The Bertz CT molecular complexity index is 723. The third kappa shape index (κ3) is 2.65. The van der Waals surface area contributed by atoms with Gasteiger partial charge in [-0.1, -0.05) is 6.07 Å². The molecule has 2 aromatic rings.